The lowest BCUT2D eigenvalue weighted by atomic mass is 10.3. The number of hydrogen-bond donors (Lipinski definition) is 2. The van der Waals surface area contributed by atoms with Gasteiger partial charge in [-0.15, -0.1) is 0 Å². The van der Waals surface area contributed by atoms with Gasteiger partial charge >= 0.3 is 5.97 Å². The van der Waals surface area contributed by atoms with Crippen LogP contribution in [0.1, 0.15) is 19.3 Å². The van der Waals surface area contributed by atoms with Crippen molar-refractivity contribution in [1.29, 1.82) is 0 Å². The maximum absolute atomic E-state index is 12.1. The first-order chi connectivity index (χ1) is 9.97. The summed E-state index contributed by atoms with van der Waals surface area (Å²) in [5.41, 5.74) is 0. The molecule has 0 heterocycles. The average Bonchev–Trinajstić information content (AvgIpc) is 2.91. The summed E-state index contributed by atoms with van der Waals surface area (Å²) in [5, 5.41) is 8.51. The van der Waals surface area contributed by atoms with Crippen molar-refractivity contribution < 1.29 is 23.1 Å². The van der Waals surface area contributed by atoms with Crippen LogP contribution in [-0.2, 0) is 14.8 Å². The van der Waals surface area contributed by atoms with Crippen LogP contribution in [0.15, 0.2) is 41.3 Å². The summed E-state index contributed by atoms with van der Waals surface area (Å²) >= 11 is 0. The highest BCUT2D eigenvalue weighted by atomic mass is 32.2. The molecular formula is C14H17NO5S. The molecule has 0 unspecified atom stereocenters. The van der Waals surface area contributed by atoms with E-state index in [1.807, 2.05) is 12.2 Å². The zero-order valence-electron chi connectivity index (χ0n) is 11.4. The topological polar surface area (TPSA) is 92.7 Å². The highest BCUT2D eigenvalue weighted by Gasteiger charge is 2.20. The first-order valence-corrected chi connectivity index (χ1v) is 8.08. The van der Waals surface area contributed by atoms with Gasteiger partial charge in [-0.05, 0) is 37.1 Å². The van der Waals surface area contributed by atoms with Gasteiger partial charge in [0.25, 0.3) is 0 Å². The van der Waals surface area contributed by atoms with Crippen LogP contribution >= 0.6 is 0 Å². The summed E-state index contributed by atoms with van der Waals surface area (Å²) in [4.78, 5) is 10.5. The van der Waals surface area contributed by atoms with E-state index in [2.05, 4.69) is 4.72 Å². The quantitative estimate of drug-likeness (QED) is 0.745. The minimum Gasteiger partial charge on any atom is -0.493 e. The summed E-state index contributed by atoms with van der Waals surface area (Å²) in [6, 6.07) is 5.84. The number of rotatable bonds is 7. The van der Waals surface area contributed by atoms with Gasteiger partial charge in [-0.2, -0.15) is 0 Å². The van der Waals surface area contributed by atoms with Crippen molar-refractivity contribution in [3.05, 3.63) is 36.4 Å². The smallest absolute Gasteiger partial charge is 0.306 e. The Hall–Kier alpha value is -1.86. The molecule has 0 atom stereocenters. The molecule has 6 nitrogen and oxygen atoms in total. The first kappa shape index (κ1) is 15.5. The second-order valence-electron chi connectivity index (χ2n) is 4.72. The van der Waals surface area contributed by atoms with E-state index < -0.39 is 16.0 Å². The fourth-order valence-corrected chi connectivity index (χ4v) is 3.23. The Morgan fingerprint density at radius 2 is 1.86 bits per heavy atom. The number of aliphatic carboxylic acids is 1. The molecule has 0 saturated carbocycles. The Morgan fingerprint density at radius 3 is 2.43 bits per heavy atom. The van der Waals surface area contributed by atoms with E-state index in [1.54, 1.807) is 0 Å². The van der Waals surface area contributed by atoms with E-state index in [9.17, 15) is 13.2 Å². The molecule has 1 aliphatic carbocycles. The van der Waals surface area contributed by atoms with Crippen molar-refractivity contribution in [1.82, 2.24) is 4.72 Å². The monoisotopic (exact) mass is 311 g/mol. The first-order valence-electron chi connectivity index (χ1n) is 6.59. The Morgan fingerprint density at radius 1 is 1.24 bits per heavy atom. The van der Waals surface area contributed by atoms with Crippen LogP contribution in [0.5, 0.6) is 5.75 Å². The van der Waals surface area contributed by atoms with E-state index >= 15 is 0 Å². The molecule has 0 aromatic heterocycles. The van der Waals surface area contributed by atoms with Crippen LogP contribution in [0.25, 0.3) is 0 Å². The standard InChI is InChI=1S/C14H17NO5S/c16-14(17)9-10-20-12-5-7-13(8-6-12)21(18,19)15-11-3-1-2-4-11/h1-2,5-8,11,15H,3-4,9-10H2,(H,16,17). The highest BCUT2D eigenvalue weighted by molar-refractivity contribution is 7.89. The van der Waals surface area contributed by atoms with Gasteiger partial charge in [-0.1, -0.05) is 12.2 Å². The van der Waals surface area contributed by atoms with Crippen LogP contribution in [-0.4, -0.2) is 32.1 Å². The molecule has 1 aromatic rings. The largest absolute Gasteiger partial charge is 0.493 e. The van der Waals surface area contributed by atoms with Crippen molar-refractivity contribution >= 4 is 16.0 Å². The molecule has 0 aliphatic heterocycles. The predicted molar refractivity (Wildman–Crippen MR) is 76.7 cm³/mol. The number of sulfonamides is 1. The molecule has 2 N–H and O–H groups in total. The molecule has 7 heteroatoms. The van der Waals surface area contributed by atoms with Crippen molar-refractivity contribution in [2.45, 2.75) is 30.2 Å². The Balaban J connectivity index is 1.95. The second kappa shape index (κ2) is 6.73. The Labute approximate surface area is 123 Å². The van der Waals surface area contributed by atoms with Gasteiger partial charge in [-0.3, -0.25) is 4.79 Å². The molecule has 0 spiro atoms. The SMILES string of the molecule is O=C(O)CCOc1ccc(S(=O)(=O)NC2CC=CC2)cc1. The van der Waals surface area contributed by atoms with Crippen molar-refractivity contribution in [2.24, 2.45) is 0 Å². The molecule has 21 heavy (non-hydrogen) atoms. The molecule has 1 aliphatic rings. The van der Waals surface area contributed by atoms with Crippen LogP contribution in [0, 0.1) is 0 Å². The lowest BCUT2D eigenvalue weighted by molar-refractivity contribution is -0.137. The van der Waals surface area contributed by atoms with Crippen LogP contribution < -0.4 is 9.46 Å². The molecule has 114 valence electrons. The molecule has 2 rings (SSSR count). The third-order valence-corrected chi connectivity index (χ3v) is 4.58. The summed E-state index contributed by atoms with van der Waals surface area (Å²) in [5.74, 6) is -0.499. The van der Waals surface area contributed by atoms with E-state index in [4.69, 9.17) is 9.84 Å². The van der Waals surface area contributed by atoms with Gasteiger partial charge in [-0.25, -0.2) is 13.1 Å². The third kappa shape index (κ3) is 4.57. The summed E-state index contributed by atoms with van der Waals surface area (Å²) in [6.07, 6.45) is 5.21. The maximum atomic E-state index is 12.1. The maximum Gasteiger partial charge on any atom is 0.306 e. The summed E-state index contributed by atoms with van der Waals surface area (Å²) < 4.78 is 32.1. The highest BCUT2D eigenvalue weighted by Crippen LogP contribution is 2.18. The summed E-state index contributed by atoms with van der Waals surface area (Å²) in [7, 11) is -3.53. The van der Waals surface area contributed by atoms with E-state index in [0.29, 0.717) is 18.6 Å². The van der Waals surface area contributed by atoms with Gasteiger partial charge in [0, 0.05) is 6.04 Å². The van der Waals surface area contributed by atoms with Crippen LogP contribution in [0.4, 0.5) is 0 Å². The lowest BCUT2D eigenvalue weighted by Crippen LogP contribution is -2.32. The summed E-state index contributed by atoms with van der Waals surface area (Å²) in [6.45, 7) is 0.0490. The van der Waals surface area contributed by atoms with Gasteiger partial charge in [0.05, 0.1) is 17.9 Å². The number of benzene rings is 1. The number of carboxylic acid groups (broad SMARTS) is 1. The lowest BCUT2D eigenvalue weighted by Gasteiger charge is -2.13. The van der Waals surface area contributed by atoms with E-state index in [0.717, 1.165) is 0 Å². The zero-order chi connectivity index (χ0) is 15.3. The van der Waals surface area contributed by atoms with Gasteiger partial charge in [0.2, 0.25) is 10.0 Å². The molecule has 0 saturated heterocycles. The number of carboxylic acids is 1. The fourth-order valence-electron chi connectivity index (χ4n) is 1.97. The zero-order valence-corrected chi connectivity index (χ0v) is 12.2. The molecule has 0 radical (unpaired) electrons. The van der Waals surface area contributed by atoms with E-state index in [1.165, 1.54) is 24.3 Å². The average molecular weight is 311 g/mol. The Kier molecular flexibility index (Phi) is 4.98. The van der Waals surface area contributed by atoms with Crippen molar-refractivity contribution in [3.8, 4) is 5.75 Å². The third-order valence-electron chi connectivity index (χ3n) is 3.05. The molecule has 0 amide bonds. The van der Waals surface area contributed by atoms with Crippen molar-refractivity contribution in [2.75, 3.05) is 6.61 Å². The van der Waals surface area contributed by atoms with E-state index in [-0.39, 0.29) is 24.0 Å². The van der Waals surface area contributed by atoms with Gasteiger partial charge in [0.1, 0.15) is 5.75 Å². The molecule has 0 bridgehead atoms. The number of nitrogens with one attached hydrogen (secondary N) is 1. The predicted octanol–water partition coefficient (Wildman–Crippen LogP) is 1.54. The molecule has 1 aromatic carbocycles. The minimum atomic E-state index is -3.53. The fraction of sp³-hybridized carbons (Fsp3) is 0.357. The number of carbonyl (C=O) groups is 1. The number of ether oxygens (including phenoxy) is 1. The number of hydrogen-bond acceptors (Lipinski definition) is 4. The van der Waals surface area contributed by atoms with Crippen LogP contribution in [0.2, 0.25) is 0 Å². The molecular weight excluding hydrogens is 294 g/mol. The van der Waals surface area contributed by atoms with Gasteiger partial charge in [0.15, 0.2) is 0 Å². The van der Waals surface area contributed by atoms with Crippen LogP contribution in [0.3, 0.4) is 0 Å². The normalized spacial score (nSPS) is 15.2. The molecule has 0 fully saturated rings. The minimum absolute atomic E-state index is 0.0490. The van der Waals surface area contributed by atoms with Crippen molar-refractivity contribution in [3.63, 3.8) is 0 Å². The van der Waals surface area contributed by atoms with Gasteiger partial charge < -0.3 is 9.84 Å². The Bertz CT molecular complexity index is 613. The second-order valence-corrected chi connectivity index (χ2v) is 6.44.